The average Bonchev–Trinajstić information content (AvgIpc) is 2.84. The Bertz CT molecular complexity index is 1110. The van der Waals surface area contributed by atoms with Crippen LogP contribution in [0.5, 0.6) is 0 Å². The van der Waals surface area contributed by atoms with Crippen LogP contribution in [-0.4, -0.2) is 43.3 Å². The number of nitrogens with one attached hydrogen (secondary N) is 2. The van der Waals surface area contributed by atoms with Gasteiger partial charge in [0.05, 0.1) is 6.04 Å². The van der Waals surface area contributed by atoms with Crippen molar-refractivity contribution in [2.24, 2.45) is 0 Å². The fraction of sp³-hybridized carbons (Fsp3) is 0.385. The van der Waals surface area contributed by atoms with Crippen LogP contribution in [0.2, 0.25) is 0 Å². The van der Waals surface area contributed by atoms with Crippen molar-refractivity contribution < 1.29 is 27.5 Å². The summed E-state index contributed by atoms with van der Waals surface area (Å²) < 4.78 is 42.2. The van der Waals surface area contributed by atoms with E-state index in [1.807, 2.05) is 31.2 Å². The minimum Gasteiger partial charge on any atom is -0.446 e. The van der Waals surface area contributed by atoms with E-state index in [4.69, 9.17) is 0 Å². The van der Waals surface area contributed by atoms with Gasteiger partial charge >= 0.3 is 12.1 Å². The molecule has 4 rings (SSSR count). The standard InChI is InChI=1S/C26H28F3N3O3/c1-16-15-22(31-20-9-7-18(8-10-20)19-11-13-30-14-12-19)21-5-3-4-6-23(21)32(16)24(33)17(2)35-25(34)26(27,28)29/h3-11,16-17,22,30-31H,12-15H2,1-2H3/t16-,17?,22+/m0/s1. The number of fused-ring (bicyclic) bond motifs is 1. The van der Waals surface area contributed by atoms with Gasteiger partial charge in [0, 0.05) is 24.0 Å². The van der Waals surface area contributed by atoms with E-state index < -0.39 is 24.2 Å². The number of hydrogen-bond donors (Lipinski definition) is 2. The normalized spacial score (nSPS) is 20.9. The number of rotatable bonds is 5. The Hall–Kier alpha value is -3.33. The second kappa shape index (κ2) is 10.1. The maximum atomic E-state index is 13.0. The minimum atomic E-state index is -5.16. The second-order valence-electron chi connectivity index (χ2n) is 8.85. The molecule has 2 heterocycles. The van der Waals surface area contributed by atoms with Crippen LogP contribution in [0.25, 0.3) is 5.57 Å². The van der Waals surface area contributed by atoms with E-state index in [2.05, 4.69) is 33.6 Å². The van der Waals surface area contributed by atoms with Crippen molar-refractivity contribution in [2.45, 2.75) is 51.1 Å². The number of esters is 1. The molecule has 35 heavy (non-hydrogen) atoms. The van der Waals surface area contributed by atoms with Crippen molar-refractivity contribution in [3.05, 3.63) is 65.7 Å². The van der Waals surface area contributed by atoms with Gasteiger partial charge in [-0.05, 0) is 68.1 Å². The van der Waals surface area contributed by atoms with E-state index in [1.54, 1.807) is 12.1 Å². The molecule has 9 heteroatoms. The van der Waals surface area contributed by atoms with Gasteiger partial charge in [-0.3, -0.25) is 4.79 Å². The molecule has 2 aromatic rings. The summed E-state index contributed by atoms with van der Waals surface area (Å²) in [5.41, 5.74) is 4.87. The van der Waals surface area contributed by atoms with Gasteiger partial charge in [-0.25, -0.2) is 4.79 Å². The van der Waals surface area contributed by atoms with Gasteiger partial charge in [0.1, 0.15) is 0 Å². The number of nitrogens with zero attached hydrogens (tertiary/aromatic N) is 1. The van der Waals surface area contributed by atoms with Crippen LogP contribution in [0.1, 0.15) is 43.9 Å². The first-order valence-corrected chi connectivity index (χ1v) is 11.6. The molecule has 0 saturated heterocycles. The molecule has 2 aliphatic heterocycles. The number of ether oxygens (including phenoxy) is 1. The number of anilines is 2. The first-order valence-electron chi connectivity index (χ1n) is 11.6. The van der Waals surface area contributed by atoms with Crippen molar-refractivity contribution in [3.8, 4) is 0 Å². The van der Waals surface area contributed by atoms with Gasteiger partial charge in [0.15, 0.2) is 6.10 Å². The largest absolute Gasteiger partial charge is 0.490 e. The summed E-state index contributed by atoms with van der Waals surface area (Å²) in [6.07, 6.45) is -3.01. The molecular formula is C26H28F3N3O3. The SMILES string of the molecule is CC(OC(=O)C(F)(F)F)C(=O)N1c2ccccc2[C@H](Nc2ccc(C3=CCNCC3)cc2)C[C@@H]1C. The number of para-hydroxylation sites is 1. The summed E-state index contributed by atoms with van der Waals surface area (Å²) >= 11 is 0. The Morgan fingerprint density at radius 2 is 1.86 bits per heavy atom. The molecule has 186 valence electrons. The zero-order valence-electron chi connectivity index (χ0n) is 19.6. The Labute approximate surface area is 202 Å². The lowest BCUT2D eigenvalue weighted by Crippen LogP contribution is -2.49. The minimum absolute atomic E-state index is 0.109. The van der Waals surface area contributed by atoms with Crippen LogP contribution >= 0.6 is 0 Å². The summed E-state index contributed by atoms with van der Waals surface area (Å²) in [7, 11) is 0. The van der Waals surface area contributed by atoms with E-state index in [0.717, 1.165) is 37.7 Å². The summed E-state index contributed by atoms with van der Waals surface area (Å²) in [4.78, 5) is 25.7. The van der Waals surface area contributed by atoms with E-state index in [0.29, 0.717) is 12.1 Å². The number of carbonyl (C=O) groups excluding carboxylic acids is 2. The third-order valence-electron chi connectivity index (χ3n) is 6.35. The molecule has 2 aromatic carbocycles. The van der Waals surface area contributed by atoms with Crippen molar-refractivity contribution in [2.75, 3.05) is 23.3 Å². The number of carbonyl (C=O) groups is 2. The zero-order chi connectivity index (χ0) is 25.2. The molecule has 0 radical (unpaired) electrons. The second-order valence-corrected chi connectivity index (χ2v) is 8.85. The lowest BCUT2D eigenvalue weighted by molar-refractivity contribution is -0.204. The van der Waals surface area contributed by atoms with Crippen molar-refractivity contribution in [1.82, 2.24) is 5.32 Å². The van der Waals surface area contributed by atoms with Gasteiger partial charge < -0.3 is 20.3 Å². The molecule has 0 aliphatic carbocycles. The van der Waals surface area contributed by atoms with E-state index in [1.165, 1.54) is 16.0 Å². The fourth-order valence-corrected chi connectivity index (χ4v) is 4.63. The van der Waals surface area contributed by atoms with Crippen molar-refractivity contribution in [1.29, 1.82) is 0 Å². The van der Waals surface area contributed by atoms with Gasteiger partial charge in [-0.2, -0.15) is 13.2 Å². The number of hydrogen-bond acceptors (Lipinski definition) is 5. The first kappa shape index (κ1) is 24.8. The van der Waals surface area contributed by atoms with Crippen LogP contribution in [-0.2, 0) is 14.3 Å². The lowest BCUT2D eigenvalue weighted by Gasteiger charge is -2.40. The van der Waals surface area contributed by atoms with Crippen LogP contribution < -0.4 is 15.5 Å². The smallest absolute Gasteiger partial charge is 0.446 e. The highest BCUT2D eigenvalue weighted by Gasteiger charge is 2.44. The Balaban J connectivity index is 1.52. The number of amides is 1. The lowest BCUT2D eigenvalue weighted by atomic mass is 9.91. The highest BCUT2D eigenvalue weighted by atomic mass is 19.4. The Morgan fingerprint density at radius 3 is 2.51 bits per heavy atom. The molecule has 6 nitrogen and oxygen atoms in total. The third kappa shape index (κ3) is 5.51. The van der Waals surface area contributed by atoms with Gasteiger partial charge in [-0.1, -0.05) is 36.4 Å². The summed E-state index contributed by atoms with van der Waals surface area (Å²) in [5, 5.41) is 6.84. The van der Waals surface area contributed by atoms with E-state index in [-0.39, 0.29) is 12.1 Å². The summed E-state index contributed by atoms with van der Waals surface area (Å²) in [5.74, 6) is -3.07. The van der Waals surface area contributed by atoms with Gasteiger partial charge in [0.2, 0.25) is 0 Å². The highest BCUT2D eigenvalue weighted by Crippen LogP contribution is 2.39. The molecule has 0 aromatic heterocycles. The first-order chi connectivity index (χ1) is 16.6. The zero-order valence-corrected chi connectivity index (χ0v) is 19.6. The molecule has 1 unspecified atom stereocenters. The summed E-state index contributed by atoms with van der Waals surface area (Å²) in [6, 6.07) is 15.1. The third-order valence-corrected chi connectivity index (χ3v) is 6.35. The number of benzene rings is 2. The summed E-state index contributed by atoms with van der Waals surface area (Å²) in [6.45, 7) is 4.82. The molecule has 0 bridgehead atoms. The maximum absolute atomic E-state index is 13.0. The van der Waals surface area contributed by atoms with Crippen LogP contribution in [0.15, 0.2) is 54.6 Å². The molecule has 0 spiro atoms. The van der Waals surface area contributed by atoms with Crippen molar-refractivity contribution >= 4 is 28.8 Å². The van der Waals surface area contributed by atoms with Crippen LogP contribution in [0, 0.1) is 0 Å². The number of alkyl halides is 3. The number of halogens is 3. The molecular weight excluding hydrogens is 459 g/mol. The van der Waals surface area contributed by atoms with E-state index >= 15 is 0 Å². The monoisotopic (exact) mass is 487 g/mol. The van der Waals surface area contributed by atoms with Gasteiger partial charge in [0.25, 0.3) is 5.91 Å². The highest BCUT2D eigenvalue weighted by molar-refractivity contribution is 5.99. The average molecular weight is 488 g/mol. The van der Waals surface area contributed by atoms with Crippen LogP contribution in [0.3, 0.4) is 0 Å². The molecule has 2 aliphatic rings. The Morgan fingerprint density at radius 1 is 1.14 bits per heavy atom. The van der Waals surface area contributed by atoms with Gasteiger partial charge in [-0.15, -0.1) is 0 Å². The molecule has 3 atom stereocenters. The maximum Gasteiger partial charge on any atom is 0.490 e. The van der Waals surface area contributed by atoms with Crippen molar-refractivity contribution in [3.63, 3.8) is 0 Å². The predicted molar refractivity (Wildman–Crippen MR) is 128 cm³/mol. The van der Waals surface area contributed by atoms with E-state index in [9.17, 15) is 22.8 Å². The molecule has 0 fully saturated rings. The Kier molecular flexibility index (Phi) is 7.16. The quantitative estimate of drug-likeness (QED) is 0.591. The predicted octanol–water partition coefficient (Wildman–Crippen LogP) is 4.84. The molecule has 1 amide bonds. The molecule has 2 N–H and O–H groups in total. The van der Waals surface area contributed by atoms with Crippen LogP contribution in [0.4, 0.5) is 24.5 Å². The fourth-order valence-electron chi connectivity index (χ4n) is 4.63. The topological polar surface area (TPSA) is 70.7 Å². The molecule has 0 saturated carbocycles.